The fourth-order valence-electron chi connectivity index (χ4n) is 2.84. The molecule has 0 aliphatic carbocycles. The second-order valence-electron chi connectivity index (χ2n) is 6.54. The van der Waals surface area contributed by atoms with E-state index in [0.717, 1.165) is 57.7 Å². The summed E-state index contributed by atoms with van der Waals surface area (Å²) in [6.07, 6.45) is 6.67. The molecule has 0 saturated carbocycles. The standard InChI is InChI=1S/C21H32N2O4/c1-3-4-5-14-27-20-17-18(6-8-19(20)25-2)7-9-21(24)22-10-11-23-12-15-26-16-13-23/h6-9,17H,3-5,10-16H2,1-2H3,(H,22,24)/b9-7+. The van der Waals surface area contributed by atoms with E-state index in [9.17, 15) is 4.79 Å². The molecule has 6 nitrogen and oxygen atoms in total. The van der Waals surface area contributed by atoms with Crippen molar-refractivity contribution in [1.29, 1.82) is 0 Å². The molecule has 1 heterocycles. The second-order valence-corrected chi connectivity index (χ2v) is 6.54. The number of hydrogen-bond acceptors (Lipinski definition) is 5. The summed E-state index contributed by atoms with van der Waals surface area (Å²) in [5, 5.41) is 2.92. The van der Waals surface area contributed by atoms with E-state index in [-0.39, 0.29) is 5.91 Å². The van der Waals surface area contributed by atoms with Gasteiger partial charge in [-0.25, -0.2) is 0 Å². The molecule has 1 aromatic rings. The van der Waals surface area contributed by atoms with Crippen LogP contribution in [-0.4, -0.2) is 63.9 Å². The number of hydrogen-bond donors (Lipinski definition) is 1. The lowest BCUT2D eigenvalue weighted by molar-refractivity contribution is -0.116. The van der Waals surface area contributed by atoms with Crippen LogP contribution in [0.4, 0.5) is 0 Å². The Balaban J connectivity index is 1.80. The van der Waals surface area contributed by atoms with Crippen LogP contribution in [0.2, 0.25) is 0 Å². The molecule has 1 aliphatic rings. The highest BCUT2D eigenvalue weighted by Gasteiger charge is 2.09. The first-order valence-electron chi connectivity index (χ1n) is 9.79. The Hall–Kier alpha value is -2.05. The van der Waals surface area contributed by atoms with Gasteiger partial charge in [0.2, 0.25) is 5.91 Å². The molecule has 27 heavy (non-hydrogen) atoms. The monoisotopic (exact) mass is 376 g/mol. The molecule has 0 unspecified atom stereocenters. The van der Waals surface area contributed by atoms with Gasteiger partial charge < -0.3 is 19.5 Å². The van der Waals surface area contributed by atoms with Gasteiger partial charge in [-0.2, -0.15) is 0 Å². The molecule has 1 saturated heterocycles. The van der Waals surface area contributed by atoms with Gasteiger partial charge in [0.05, 0.1) is 26.9 Å². The lowest BCUT2D eigenvalue weighted by atomic mass is 10.2. The minimum Gasteiger partial charge on any atom is -0.493 e. The van der Waals surface area contributed by atoms with Gasteiger partial charge >= 0.3 is 0 Å². The van der Waals surface area contributed by atoms with Gasteiger partial charge in [0.25, 0.3) is 0 Å². The van der Waals surface area contributed by atoms with Crippen LogP contribution in [0.15, 0.2) is 24.3 Å². The first-order chi connectivity index (χ1) is 13.2. The molecule has 1 amide bonds. The van der Waals surface area contributed by atoms with Gasteiger partial charge in [0.1, 0.15) is 0 Å². The predicted molar refractivity (Wildman–Crippen MR) is 107 cm³/mol. The van der Waals surface area contributed by atoms with Gasteiger partial charge in [-0.15, -0.1) is 0 Å². The van der Waals surface area contributed by atoms with Crippen LogP contribution in [0, 0.1) is 0 Å². The molecule has 1 aromatic carbocycles. The van der Waals surface area contributed by atoms with Crippen molar-refractivity contribution in [3.05, 3.63) is 29.8 Å². The number of nitrogens with one attached hydrogen (secondary N) is 1. The maximum Gasteiger partial charge on any atom is 0.244 e. The Kier molecular flexibility index (Phi) is 9.73. The van der Waals surface area contributed by atoms with E-state index >= 15 is 0 Å². The van der Waals surface area contributed by atoms with Crippen LogP contribution in [0.5, 0.6) is 11.5 Å². The van der Waals surface area contributed by atoms with Crippen molar-refractivity contribution in [2.75, 3.05) is 53.1 Å². The van der Waals surface area contributed by atoms with Crippen molar-refractivity contribution < 1.29 is 19.0 Å². The largest absolute Gasteiger partial charge is 0.493 e. The molecule has 1 aliphatic heterocycles. The Labute approximate surface area is 162 Å². The van der Waals surface area contributed by atoms with Gasteiger partial charge in [0, 0.05) is 32.3 Å². The third kappa shape index (κ3) is 8.01. The van der Waals surface area contributed by atoms with Gasteiger partial charge in [-0.3, -0.25) is 9.69 Å². The summed E-state index contributed by atoms with van der Waals surface area (Å²) in [7, 11) is 1.63. The number of carbonyl (C=O) groups excluding carboxylic acids is 1. The maximum absolute atomic E-state index is 12.0. The van der Waals surface area contributed by atoms with Crippen molar-refractivity contribution >= 4 is 12.0 Å². The van der Waals surface area contributed by atoms with Crippen molar-refractivity contribution in [3.63, 3.8) is 0 Å². The Morgan fingerprint density at radius 1 is 1.26 bits per heavy atom. The lowest BCUT2D eigenvalue weighted by Gasteiger charge is -2.26. The first-order valence-corrected chi connectivity index (χ1v) is 9.79. The Morgan fingerprint density at radius 2 is 2.07 bits per heavy atom. The summed E-state index contributed by atoms with van der Waals surface area (Å²) in [6.45, 7) is 7.72. The molecule has 0 bridgehead atoms. The Morgan fingerprint density at radius 3 is 2.81 bits per heavy atom. The number of nitrogens with zero attached hydrogens (tertiary/aromatic N) is 1. The fourth-order valence-corrected chi connectivity index (χ4v) is 2.84. The van der Waals surface area contributed by atoms with E-state index in [0.29, 0.717) is 24.7 Å². The lowest BCUT2D eigenvalue weighted by Crippen LogP contribution is -2.41. The third-order valence-corrected chi connectivity index (χ3v) is 4.45. The van der Waals surface area contributed by atoms with Crippen molar-refractivity contribution in [3.8, 4) is 11.5 Å². The minimum atomic E-state index is -0.0931. The number of amides is 1. The molecule has 1 fully saturated rings. The molecular weight excluding hydrogens is 344 g/mol. The minimum absolute atomic E-state index is 0.0931. The molecule has 0 radical (unpaired) electrons. The van der Waals surface area contributed by atoms with Crippen LogP contribution in [0.3, 0.4) is 0 Å². The average molecular weight is 376 g/mol. The zero-order valence-corrected chi connectivity index (χ0v) is 16.5. The molecule has 1 N–H and O–H groups in total. The van der Waals surface area contributed by atoms with E-state index in [1.54, 1.807) is 19.3 Å². The number of ether oxygens (including phenoxy) is 3. The predicted octanol–water partition coefficient (Wildman–Crippen LogP) is 2.73. The quantitative estimate of drug-likeness (QED) is 0.475. The highest BCUT2D eigenvalue weighted by Crippen LogP contribution is 2.28. The molecular formula is C21H32N2O4. The SMILES string of the molecule is CCCCCOc1cc(/C=C/C(=O)NCCN2CCOCC2)ccc1OC. The number of benzene rings is 1. The van der Waals surface area contributed by atoms with E-state index in [1.807, 2.05) is 18.2 Å². The third-order valence-electron chi connectivity index (χ3n) is 4.45. The smallest absolute Gasteiger partial charge is 0.244 e. The van der Waals surface area contributed by atoms with E-state index < -0.39 is 0 Å². The number of methoxy groups -OCH3 is 1. The molecule has 0 aromatic heterocycles. The number of carbonyl (C=O) groups is 1. The molecule has 0 atom stereocenters. The van der Waals surface area contributed by atoms with Gasteiger partial charge in [-0.05, 0) is 30.2 Å². The van der Waals surface area contributed by atoms with Crippen LogP contribution in [0.1, 0.15) is 31.7 Å². The van der Waals surface area contributed by atoms with Crippen LogP contribution in [0.25, 0.3) is 6.08 Å². The van der Waals surface area contributed by atoms with E-state index in [4.69, 9.17) is 14.2 Å². The molecule has 2 rings (SSSR count). The molecule has 0 spiro atoms. The summed E-state index contributed by atoms with van der Waals surface area (Å²) in [5.41, 5.74) is 0.907. The number of morpholine rings is 1. The number of unbranched alkanes of at least 4 members (excludes halogenated alkanes) is 2. The average Bonchev–Trinajstić information content (AvgIpc) is 2.70. The second kappa shape index (κ2) is 12.4. The van der Waals surface area contributed by atoms with E-state index in [1.165, 1.54) is 0 Å². The normalized spacial score (nSPS) is 15.0. The zero-order chi connectivity index (χ0) is 19.3. The molecule has 6 heteroatoms. The van der Waals surface area contributed by atoms with Gasteiger partial charge in [0.15, 0.2) is 11.5 Å². The van der Waals surface area contributed by atoms with Crippen molar-refractivity contribution in [1.82, 2.24) is 10.2 Å². The summed E-state index contributed by atoms with van der Waals surface area (Å²) >= 11 is 0. The summed E-state index contributed by atoms with van der Waals surface area (Å²) < 4.78 is 16.5. The van der Waals surface area contributed by atoms with Crippen molar-refractivity contribution in [2.45, 2.75) is 26.2 Å². The van der Waals surface area contributed by atoms with Gasteiger partial charge in [-0.1, -0.05) is 25.8 Å². The zero-order valence-electron chi connectivity index (χ0n) is 16.5. The summed E-state index contributed by atoms with van der Waals surface area (Å²) in [5.74, 6) is 1.33. The number of rotatable bonds is 11. The van der Waals surface area contributed by atoms with E-state index in [2.05, 4.69) is 17.1 Å². The topological polar surface area (TPSA) is 60.0 Å². The highest BCUT2D eigenvalue weighted by molar-refractivity contribution is 5.91. The maximum atomic E-state index is 12.0. The van der Waals surface area contributed by atoms with Crippen LogP contribution >= 0.6 is 0 Å². The highest BCUT2D eigenvalue weighted by atomic mass is 16.5. The molecule has 150 valence electrons. The summed E-state index contributed by atoms with van der Waals surface area (Å²) in [6, 6.07) is 5.68. The first kappa shape index (κ1) is 21.3. The Bertz CT molecular complexity index is 598. The van der Waals surface area contributed by atoms with Crippen LogP contribution in [-0.2, 0) is 9.53 Å². The summed E-state index contributed by atoms with van der Waals surface area (Å²) in [4.78, 5) is 14.3. The van der Waals surface area contributed by atoms with Crippen molar-refractivity contribution in [2.24, 2.45) is 0 Å². The fraction of sp³-hybridized carbons (Fsp3) is 0.571. The van der Waals surface area contributed by atoms with Crippen LogP contribution < -0.4 is 14.8 Å².